The normalized spacial score (nSPS) is 26.5. The first kappa shape index (κ1) is 12.5. The topological polar surface area (TPSA) is 55.1 Å². The van der Waals surface area contributed by atoms with E-state index in [9.17, 15) is 4.79 Å². The van der Waals surface area contributed by atoms with E-state index in [1.165, 1.54) is 19.3 Å². The number of hydrogen-bond acceptors (Lipinski definition) is 2. The van der Waals surface area contributed by atoms with Gasteiger partial charge in [0, 0.05) is 12.0 Å². The molecule has 0 aromatic rings. The van der Waals surface area contributed by atoms with E-state index >= 15 is 0 Å². The number of carbonyl (C=O) groups excluding carboxylic acids is 1. The molecule has 88 valence electrons. The molecular weight excluding hydrogens is 188 g/mol. The summed E-state index contributed by atoms with van der Waals surface area (Å²) in [7, 11) is 0. The maximum Gasteiger partial charge on any atom is 0.220 e. The molecule has 0 heterocycles. The van der Waals surface area contributed by atoms with Gasteiger partial charge in [-0.3, -0.25) is 4.79 Å². The third-order valence-corrected chi connectivity index (χ3v) is 3.34. The first-order valence-corrected chi connectivity index (χ1v) is 6.26. The Bertz CT molecular complexity index is 186. The van der Waals surface area contributed by atoms with Crippen molar-refractivity contribution < 1.29 is 4.79 Å². The van der Waals surface area contributed by atoms with E-state index in [1.807, 2.05) is 0 Å². The molecule has 3 nitrogen and oxygen atoms in total. The minimum absolute atomic E-state index is 0.112. The van der Waals surface area contributed by atoms with E-state index in [1.54, 1.807) is 0 Å². The van der Waals surface area contributed by atoms with Gasteiger partial charge in [-0.05, 0) is 38.6 Å². The lowest BCUT2D eigenvalue weighted by molar-refractivity contribution is -0.122. The van der Waals surface area contributed by atoms with Crippen LogP contribution in [0.4, 0.5) is 0 Å². The molecule has 1 rings (SSSR count). The van der Waals surface area contributed by atoms with Gasteiger partial charge in [-0.25, -0.2) is 0 Å². The first-order valence-electron chi connectivity index (χ1n) is 6.26. The zero-order chi connectivity index (χ0) is 11.1. The van der Waals surface area contributed by atoms with Crippen molar-refractivity contribution in [1.82, 2.24) is 5.32 Å². The van der Waals surface area contributed by atoms with Crippen LogP contribution in [0.1, 0.15) is 51.9 Å². The molecule has 1 fully saturated rings. The molecule has 0 aromatic heterocycles. The number of nitrogens with one attached hydrogen (secondary N) is 1. The highest BCUT2D eigenvalue weighted by atomic mass is 16.1. The van der Waals surface area contributed by atoms with Crippen molar-refractivity contribution >= 4 is 5.91 Å². The van der Waals surface area contributed by atoms with E-state index in [4.69, 9.17) is 5.73 Å². The first-order chi connectivity index (χ1) is 7.24. The smallest absolute Gasteiger partial charge is 0.220 e. The maximum absolute atomic E-state index is 11.0. The Morgan fingerprint density at radius 1 is 1.27 bits per heavy atom. The summed E-state index contributed by atoms with van der Waals surface area (Å²) in [5.41, 5.74) is 5.29. The average molecular weight is 212 g/mol. The number of nitrogens with two attached hydrogens (primary N) is 1. The van der Waals surface area contributed by atoms with Crippen LogP contribution in [0.15, 0.2) is 0 Å². The van der Waals surface area contributed by atoms with Crippen molar-refractivity contribution in [2.24, 2.45) is 11.7 Å². The Morgan fingerprint density at radius 3 is 2.47 bits per heavy atom. The number of carbonyl (C=O) groups is 1. The van der Waals surface area contributed by atoms with Crippen LogP contribution in [0.5, 0.6) is 0 Å². The van der Waals surface area contributed by atoms with Gasteiger partial charge in [0.05, 0.1) is 0 Å². The van der Waals surface area contributed by atoms with Gasteiger partial charge in [0.1, 0.15) is 0 Å². The third kappa shape index (κ3) is 4.65. The summed E-state index contributed by atoms with van der Waals surface area (Å²) >= 11 is 0. The van der Waals surface area contributed by atoms with Crippen LogP contribution < -0.4 is 11.1 Å². The van der Waals surface area contributed by atoms with Crippen LogP contribution in [0.2, 0.25) is 0 Å². The maximum atomic E-state index is 11.0. The minimum atomic E-state index is -0.112. The van der Waals surface area contributed by atoms with Gasteiger partial charge in [0.2, 0.25) is 5.91 Å². The van der Waals surface area contributed by atoms with Gasteiger partial charge in [0.25, 0.3) is 0 Å². The highest BCUT2D eigenvalue weighted by Crippen LogP contribution is 2.23. The zero-order valence-electron chi connectivity index (χ0n) is 9.80. The predicted octanol–water partition coefficient (Wildman–Crippen LogP) is 1.81. The molecule has 1 saturated carbocycles. The fourth-order valence-corrected chi connectivity index (χ4v) is 2.26. The Morgan fingerprint density at radius 2 is 1.93 bits per heavy atom. The molecule has 0 bridgehead atoms. The summed E-state index contributed by atoms with van der Waals surface area (Å²) in [6.07, 6.45) is 8.02. The molecule has 1 amide bonds. The summed E-state index contributed by atoms with van der Waals surface area (Å²) in [6.45, 7) is 3.35. The second-order valence-electron chi connectivity index (χ2n) is 4.61. The van der Waals surface area contributed by atoms with Crippen LogP contribution in [-0.2, 0) is 4.79 Å². The zero-order valence-corrected chi connectivity index (χ0v) is 9.80. The minimum Gasteiger partial charge on any atom is -0.369 e. The molecule has 0 spiro atoms. The second kappa shape index (κ2) is 6.83. The van der Waals surface area contributed by atoms with Crippen molar-refractivity contribution in [1.29, 1.82) is 0 Å². The fourth-order valence-electron chi connectivity index (χ4n) is 2.26. The Hall–Kier alpha value is -0.570. The van der Waals surface area contributed by atoms with Gasteiger partial charge in [-0.1, -0.05) is 19.8 Å². The molecule has 0 unspecified atom stereocenters. The van der Waals surface area contributed by atoms with Crippen LogP contribution in [-0.4, -0.2) is 18.5 Å². The Balaban J connectivity index is 2.07. The number of rotatable bonds is 6. The molecule has 0 aromatic carbocycles. The van der Waals surface area contributed by atoms with E-state index < -0.39 is 0 Å². The summed E-state index contributed by atoms with van der Waals surface area (Å²) in [6, 6.07) is 0.623. The van der Waals surface area contributed by atoms with Crippen molar-refractivity contribution in [3.8, 4) is 0 Å². The second-order valence-corrected chi connectivity index (χ2v) is 4.61. The van der Waals surface area contributed by atoms with E-state index in [-0.39, 0.29) is 11.8 Å². The Labute approximate surface area is 92.8 Å². The standard InChI is InChI=1S/C12H24N2O/c1-2-3-4-9-14-11-7-5-10(6-8-11)12(13)15/h10-11,14H,2-9H2,1H3,(H2,13,15). The van der Waals surface area contributed by atoms with Gasteiger partial charge < -0.3 is 11.1 Å². The predicted molar refractivity (Wildman–Crippen MR) is 62.5 cm³/mol. The molecule has 15 heavy (non-hydrogen) atoms. The Kier molecular flexibility index (Phi) is 5.69. The number of unbranched alkanes of at least 4 members (excludes halogenated alkanes) is 2. The molecule has 0 aliphatic heterocycles. The molecule has 0 saturated heterocycles. The summed E-state index contributed by atoms with van der Waals surface area (Å²) in [5.74, 6) is 0.0260. The van der Waals surface area contributed by atoms with E-state index in [2.05, 4.69) is 12.2 Å². The lowest BCUT2D eigenvalue weighted by atomic mass is 9.85. The van der Waals surface area contributed by atoms with Crippen molar-refractivity contribution in [3.05, 3.63) is 0 Å². The molecule has 1 aliphatic rings. The van der Waals surface area contributed by atoms with Gasteiger partial charge in [-0.15, -0.1) is 0 Å². The molecule has 1 aliphatic carbocycles. The van der Waals surface area contributed by atoms with E-state index in [0.717, 1.165) is 32.2 Å². The lowest BCUT2D eigenvalue weighted by Crippen LogP contribution is -2.37. The molecular formula is C12H24N2O. The van der Waals surface area contributed by atoms with E-state index in [0.29, 0.717) is 6.04 Å². The summed E-state index contributed by atoms with van der Waals surface area (Å²) in [4.78, 5) is 11.0. The highest BCUT2D eigenvalue weighted by molar-refractivity contribution is 5.76. The van der Waals surface area contributed by atoms with Crippen LogP contribution in [0, 0.1) is 5.92 Å². The van der Waals surface area contributed by atoms with Crippen molar-refractivity contribution in [2.45, 2.75) is 57.9 Å². The third-order valence-electron chi connectivity index (χ3n) is 3.34. The monoisotopic (exact) mass is 212 g/mol. The highest BCUT2D eigenvalue weighted by Gasteiger charge is 2.23. The van der Waals surface area contributed by atoms with Crippen molar-refractivity contribution in [2.75, 3.05) is 6.54 Å². The molecule has 0 atom stereocenters. The molecule has 3 heteroatoms. The SMILES string of the molecule is CCCCCNC1CCC(C(N)=O)CC1. The van der Waals surface area contributed by atoms with Gasteiger partial charge >= 0.3 is 0 Å². The van der Waals surface area contributed by atoms with Crippen LogP contribution >= 0.6 is 0 Å². The summed E-state index contributed by atoms with van der Waals surface area (Å²) < 4.78 is 0. The number of amides is 1. The van der Waals surface area contributed by atoms with Gasteiger partial charge in [-0.2, -0.15) is 0 Å². The van der Waals surface area contributed by atoms with Crippen molar-refractivity contribution in [3.63, 3.8) is 0 Å². The van der Waals surface area contributed by atoms with Crippen LogP contribution in [0.25, 0.3) is 0 Å². The number of hydrogen-bond donors (Lipinski definition) is 2. The largest absolute Gasteiger partial charge is 0.369 e. The average Bonchev–Trinajstić information content (AvgIpc) is 2.25. The number of primary amides is 1. The van der Waals surface area contributed by atoms with Gasteiger partial charge in [0.15, 0.2) is 0 Å². The molecule has 3 N–H and O–H groups in total. The van der Waals surface area contributed by atoms with Crippen LogP contribution in [0.3, 0.4) is 0 Å². The summed E-state index contributed by atoms with van der Waals surface area (Å²) in [5, 5.41) is 3.56. The quantitative estimate of drug-likeness (QED) is 0.660. The fraction of sp³-hybridized carbons (Fsp3) is 0.917. The lowest BCUT2D eigenvalue weighted by Gasteiger charge is -2.27. The molecule has 0 radical (unpaired) electrons.